The number of rotatable bonds is 5. The molecule has 0 aliphatic carbocycles. The van der Waals surface area contributed by atoms with Crippen LogP contribution >= 0.6 is 11.3 Å². The van der Waals surface area contributed by atoms with Gasteiger partial charge in [0.2, 0.25) is 11.0 Å². The summed E-state index contributed by atoms with van der Waals surface area (Å²) in [6.45, 7) is 8.15. The second-order valence-electron chi connectivity index (χ2n) is 6.40. The van der Waals surface area contributed by atoms with Crippen molar-refractivity contribution < 1.29 is 4.79 Å². The lowest BCUT2D eigenvalue weighted by atomic mass is 10.0. The van der Waals surface area contributed by atoms with E-state index in [2.05, 4.69) is 43.2 Å². The monoisotopic (exact) mass is 348 g/mol. The number of anilines is 1. The largest absolute Gasteiger partial charge is 0.299 e. The summed E-state index contributed by atoms with van der Waals surface area (Å²) < 4.78 is 2.06. The van der Waals surface area contributed by atoms with Crippen LogP contribution in [0, 0.1) is 20.8 Å². The molecule has 8 heteroatoms. The lowest BCUT2D eigenvalue weighted by Gasteiger charge is -2.35. The molecule has 130 valence electrons. The van der Waals surface area contributed by atoms with Gasteiger partial charge in [0.15, 0.2) is 0 Å². The van der Waals surface area contributed by atoms with Gasteiger partial charge in [0.25, 0.3) is 0 Å². The molecule has 0 aromatic carbocycles. The van der Waals surface area contributed by atoms with Crippen LogP contribution in [0.3, 0.4) is 0 Å². The highest BCUT2D eigenvalue weighted by Crippen LogP contribution is 2.20. The number of aryl methyl sites for hydroxylation is 3. The Balaban J connectivity index is 1.61. The van der Waals surface area contributed by atoms with Crippen LogP contribution < -0.4 is 5.32 Å². The summed E-state index contributed by atoms with van der Waals surface area (Å²) in [5.74, 6) is -0.0218. The molecular weight excluding hydrogens is 324 g/mol. The maximum absolute atomic E-state index is 12.3. The second kappa shape index (κ2) is 7.40. The van der Waals surface area contributed by atoms with Gasteiger partial charge in [-0.05, 0) is 46.2 Å². The number of hydrogen-bond donors (Lipinski definition) is 1. The first-order chi connectivity index (χ1) is 11.5. The summed E-state index contributed by atoms with van der Waals surface area (Å²) in [4.78, 5) is 14.6. The van der Waals surface area contributed by atoms with E-state index in [0.29, 0.717) is 17.7 Å². The molecule has 1 atom stereocenters. The SMILES string of the molecule is Cc1cc(C)n(C[C@@H]2CCCCN2CC(=O)Nc2nnc(C)s2)n1. The normalized spacial score (nSPS) is 18.7. The Bertz CT molecular complexity index is 709. The maximum Gasteiger partial charge on any atom is 0.240 e. The zero-order valence-corrected chi connectivity index (χ0v) is 15.3. The minimum atomic E-state index is -0.0218. The highest BCUT2D eigenvalue weighted by atomic mass is 32.1. The molecule has 0 saturated carbocycles. The number of likely N-dealkylation sites (tertiary alicyclic amines) is 1. The fourth-order valence-corrected chi connectivity index (χ4v) is 3.83. The molecule has 0 radical (unpaired) electrons. The Morgan fingerprint density at radius 1 is 1.33 bits per heavy atom. The van der Waals surface area contributed by atoms with Gasteiger partial charge in [-0.1, -0.05) is 17.8 Å². The molecule has 1 saturated heterocycles. The van der Waals surface area contributed by atoms with Crippen molar-refractivity contribution in [3.8, 4) is 0 Å². The Morgan fingerprint density at radius 3 is 2.83 bits per heavy atom. The van der Waals surface area contributed by atoms with E-state index in [-0.39, 0.29) is 5.91 Å². The molecule has 2 aromatic rings. The highest BCUT2D eigenvalue weighted by Gasteiger charge is 2.25. The van der Waals surface area contributed by atoms with E-state index in [9.17, 15) is 4.79 Å². The molecule has 7 nitrogen and oxygen atoms in total. The van der Waals surface area contributed by atoms with Crippen LogP contribution in [0.4, 0.5) is 5.13 Å². The number of nitrogens with zero attached hydrogens (tertiary/aromatic N) is 5. The van der Waals surface area contributed by atoms with Crippen LogP contribution in [0.1, 0.15) is 35.7 Å². The molecule has 0 unspecified atom stereocenters. The molecule has 3 heterocycles. The van der Waals surface area contributed by atoms with Crippen LogP contribution in [0.25, 0.3) is 0 Å². The summed E-state index contributed by atoms with van der Waals surface area (Å²) in [7, 11) is 0. The fraction of sp³-hybridized carbons (Fsp3) is 0.625. The van der Waals surface area contributed by atoms with E-state index in [1.165, 1.54) is 23.5 Å². The number of carbonyl (C=O) groups excluding carboxylic acids is 1. The molecular formula is C16H24N6OS. The maximum atomic E-state index is 12.3. The van der Waals surface area contributed by atoms with Crippen molar-refractivity contribution in [1.82, 2.24) is 24.9 Å². The van der Waals surface area contributed by atoms with Crippen molar-refractivity contribution in [3.63, 3.8) is 0 Å². The minimum absolute atomic E-state index is 0.0218. The van der Waals surface area contributed by atoms with E-state index in [1.807, 2.05) is 13.8 Å². The smallest absolute Gasteiger partial charge is 0.240 e. The van der Waals surface area contributed by atoms with Crippen LogP contribution in [-0.2, 0) is 11.3 Å². The number of aromatic nitrogens is 4. The molecule has 2 aromatic heterocycles. The average Bonchev–Trinajstić information content (AvgIpc) is 3.06. The molecule has 0 spiro atoms. The van der Waals surface area contributed by atoms with Crippen molar-refractivity contribution in [2.75, 3.05) is 18.4 Å². The predicted molar refractivity (Wildman–Crippen MR) is 94.2 cm³/mol. The van der Waals surface area contributed by atoms with Gasteiger partial charge >= 0.3 is 0 Å². The summed E-state index contributed by atoms with van der Waals surface area (Å²) in [6.07, 6.45) is 3.44. The van der Waals surface area contributed by atoms with Crippen molar-refractivity contribution in [1.29, 1.82) is 0 Å². The van der Waals surface area contributed by atoms with Crippen molar-refractivity contribution in [2.24, 2.45) is 0 Å². The number of carbonyl (C=O) groups is 1. The molecule has 1 aliphatic rings. The standard InChI is InChI=1S/C16H24N6OS/c1-11-8-12(2)22(20-11)9-14-6-4-5-7-21(14)10-15(23)17-16-19-18-13(3)24-16/h8,14H,4-7,9-10H2,1-3H3,(H,17,19,23)/t14-/m0/s1. The molecule has 3 rings (SSSR count). The first-order valence-corrected chi connectivity index (χ1v) is 9.18. The zero-order chi connectivity index (χ0) is 17.1. The van der Waals surface area contributed by atoms with Crippen LogP contribution in [0.2, 0.25) is 0 Å². The molecule has 0 bridgehead atoms. The van der Waals surface area contributed by atoms with E-state index < -0.39 is 0 Å². The lowest BCUT2D eigenvalue weighted by Crippen LogP contribution is -2.46. The molecule has 1 aliphatic heterocycles. The Morgan fingerprint density at radius 2 is 2.17 bits per heavy atom. The van der Waals surface area contributed by atoms with Gasteiger partial charge in [-0.3, -0.25) is 19.7 Å². The Hall–Kier alpha value is -1.80. The van der Waals surface area contributed by atoms with E-state index in [1.54, 1.807) is 0 Å². The fourth-order valence-electron chi connectivity index (χ4n) is 3.22. The van der Waals surface area contributed by atoms with Gasteiger partial charge in [-0.15, -0.1) is 10.2 Å². The predicted octanol–water partition coefficient (Wildman–Crippen LogP) is 2.15. The van der Waals surface area contributed by atoms with Gasteiger partial charge < -0.3 is 0 Å². The lowest BCUT2D eigenvalue weighted by molar-refractivity contribution is -0.118. The van der Waals surface area contributed by atoms with Crippen LogP contribution in [0.15, 0.2) is 6.07 Å². The Kier molecular flexibility index (Phi) is 5.25. The summed E-state index contributed by atoms with van der Waals surface area (Å²) in [5.41, 5.74) is 2.21. The van der Waals surface area contributed by atoms with E-state index in [4.69, 9.17) is 0 Å². The van der Waals surface area contributed by atoms with Gasteiger partial charge in [0, 0.05) is 11.7 Å². The van der Waals surface area contributed by atoms with Crippen LogP contribution in [-0.4, -0.2) is 49.9 Å². The third-order valence-electron chi connectivity index (χ3n) is 4.36. The molecule has 24 heavy (non-hydrogen) atoms. The average molecular weight is 348 g/mol. The third-order valence-corrected chi connectivity index (χ3v) is 5.11. The molecule has 1 N–H and O–H groups in total. The number of nitrogens with one attached hydrogen (secondary N) is 1. The quantitative estimate of drug-likeness (QED) is 0.896. The van der Waals surface area contributed by atoms with Crippen molar-refractivity contribution in [3.05, 3.63) is 22.5 Å². The highest BCUT2D eigenvalue weighted by molar-refractivity contribution is 7.15. The van der Waals surface area contributed by atoms with Gasteiger partial charge in [-0.25, -0.2) is 0 Å². The van der Waals surface area contributed by atoms with Crippen molar-refractivity contribution in [2.45, 2.75) is 52.6 Å². The zero-order valence-electron chi connectivity index (χ0n) is 14.4. The first kappa shape index (κ1) is 17.0. The second-order valence-corrected chi connectivity index (χ2v) is 7.59. The van der Waals surface area contributed by atoms with E-state index >= 15 is 0 Å². The molecule has 1 fully saturated rings. The topological polar surface area (TPSA) is 75.9 Å². The van der Waals surface area contributed by atoms with Gasteiger partial charge in [0.05, 0.1) is 18.8 Å². The van der Waals surface area contributed by atoms with Crippen molar-refractivity contribution >= 4 is 22.4 Å². The summed E-state index contributed by atoms with van der Waals surface area (Å²) in [6, 6.07) is 2.44. The summed E-state index contributed by atoms with van der Waals surface area (Å²) >= 11 is 1.40. The Labute approximate surface area is 146 Å². The number of amides is 1. The van der Waals surface area contributed by atoms with Gasteiger partial charge in [-0.2, -0.15) is 5.10 Å². The third kappa shape index (κ3) is 4.18. The van der Waals surface area contributed by atoms with Gasteiger partial charge in [0.1, 0.15) is 5.01 Å². The first-order valence-electron chi connectivity index (χ1n) is 8.36. The number of piperidine rings is 1. The minimum Gasteiger partial charge on any atom is -0.299 e. The summed E-state index contributed by atoms with van der Waals surface area (Å²) in [5, 5.41) is 16.7. The van der Waals surface area contributed by atoms with Crippen LogP contribution in [0.5, 0.6) is 0 Å². The molecule has 1 amide bonds. The number of hydrogen-bond acceptors (Lipinski definition) is 6. The van der Waals surface area contributed by atoms with E-state index in [0.717, 1.165) is 36.6 Å².